The molecule has 0 unspecified atom stereocenters. The molecular weight excluding hydrogens is 418 g/mol. The molecule has 2 rings (SSSR count). The van der Waals surface area contributed by atoms with Crippen LogP contribution in [0.3, 0.4) is 0 Å². The molecule has 7 heteroatoms. The number of hydrogen-bond acceptors (Lipinski definition) is 4. The highest BCUT2D eigenvalue weighted by atomic mass is 35.5. The first kappa shape index (κ1) is 24.4. The van der Waals surface area contributed by atoms with Crippen molar-refractivity contribution >= 4 is 26.0 Å². The van der Waals surface area contributed by atoms with Crippen LogP contribution in [-0.4, -0.2) is 32.2 Å². The number of alkyl carbamates (subject to hydrolysis) is 1. The number of nitrogens with one attached hydrogen (secondary N) is 1. The Bertz CT molecular complexity index is 823. The number of benzene rings is 2. The van der Waals surface area contributed by atoms with Crippen molar-refractivity contribution in [2.75, 3.05) is 6.61 Å². The van der Waals surface area contributed by atoms with Gasteiger partial charge in [0.1, 0.15) is 12.7 Å². The van der Waals surface area contributed by atoms with E-state index in [0.29, 0.717) is 10.6 Å². The molecule has 0 saturated carbocycles. The Balaban J connectivity index is 2.10. The molecule has 0 aliphatic carbocycles. The summed E-state index contributed by atoms with van der Waals surface area (Å²) in [5, 5.41) is 14.2. The molecule has 0 saturated heterocycles. The van der Waals surface area contributed by atoms with Gasteiger partial charge in [-0.05, 0) is 41.4 Å². The van der Waals surface area contributed by atoms with E-state index in [9.17, 15) is 9.90 Å². The molecule has 0 bridgehead atoms. The highest BCUT2D eigenvalue weighted by Crippen LogP contribution is 2.37. The minimum atomic E-state index is -2.08. The maximum atomic E-state index is 12.4. The number of rotatable bonds is 8. The van der Waals surface area contributed by atoms with Crippen LogP contribution in [0.25, 0.3) is 0 Å². The van der Waals surface area contributed by atoms with Gasteiger partial charge in [-0.1, -0.05) is 74.8 Å². The zero-order valence-corrected chi connectivity index (χ0v) is 20.1. The fraction of sp³-hybridized carbons (Fsp3) is 0.435. The van der Waals surface area contributed by atoms with Crippen LogP contribution >= 0.6 is 11.6 Å². The van der Waals surface area contributed by atoms with E-state index in [0.717, 1.165) is 5.56 Å². The number of aliphatic hydroxyl groups excluding tert-OH is 1. The Labute approximate surface area is 185 Å². The summed E-state index contributed by atoms with van der Waals surface area (Å²) in [6, 6.07) is 15.7. The third-order valence-corrected chi connectivity index (χ3v) is 10.3. The Morgan fingerprint density at radius 1 is 1.13 bits per heavy atom. The van der Waals surface area contributed by atoms with Crippen LogP contribution in [-0.2, 0) is 15.8 Å². The molecule has 5 nitrogen and oxygen atoms in total. The predicted molar refractivity (Wildman–Crippen MR) is 123 cm³/mol. The minimum absolute atomic E-state index is 0.00633. The molecule has 0 aliphatic heterocycles. The summed E-state index contributed by atoms with van der Waals surface area (Å²) in [7, 11) is -2.08. The van der Waals surface area contributed by atoms with E-state index in [4.69, 9.17) is 20.8 Å². The van der Waals surface area contributed by atoms with E-state index in [-0.39, 0.29) is 18.3 Å². The quantitative estimate of drug-likeness (QED) is 0.508. The first-order valence-corrected chi connectivity index (χ1v) is 13.3. The highest BCUT2D eigenvalue weighted by Gasteiger charge is 2.38. The normalized spacial score (nSPS) is 14.1. The van der Waals surface area contributed by atoms with Gasteiger partial charge < -0.3 is 19.6 Å². The van der Waals surface area contributed by atoms with Crippen molar-refractivity contribution in [1.82, 2.24) is 5.32 Å². The molecule has 2 N–H and O–H groups in total. The number of carbonyl (C=O) groups excluding carboxylic acids is 1. The number of hydrogen-bond donors (Lipinski definition) is 2. The van der Waals surface area contributed by atoms with Crippen LogP contribution in [0.4, 0.5) is 4.79 Å². The van der Waals surface area contributed by atoms with E-state index < -0.39 is 26.6 Å². The van der Waals surface area contributed by atoms with Crippen molar-refractivity contribution in [3.8, 4) is 0 Å². The maximum Gasteiger partial charge on any atom is 0.407 e. The standard InChI is InChI=1S/C23H32ClNO4Si/c1-23(2,3)30(4,5)29-16-20(21(26)18-12-9-13-19(24)14-18)25-22(27)28-15-17-10-7-6-8-11-17/h6-14,20-21,26H,15-16H2,1-5H3,(H,25,27)/t20-,21-/m1/s1. The van der Waals surface area contributed by atoms with Crippen LogP contribution in [0.1, 0.15) is 38.0 Å². The molecule has 2 aromatic carbocycles. The molecule has 1 amide bonds. The van der Waals surface area contributed by atoms with E-state index in [2.05, 4.69) is 39.2 Å². The molecule has 2 aromatic rings. The van der Waals surface area contributed by atoms with Gasteiger partial charge in [0.25, 0.3) is 0 Å². The average Bonchev–Trinajstić information content (AvgIpc) is 2.69. The zero-order chi connectivity index (χ0) is 22.4. The predicted octanol–water partition coefficient (Wildman–Crippen LogP) is 5.69. The van der Waals surface area contributed by atoms with Crippen molar-refractivity contribution in [3.63, 3.8) is 0 Å². The summed E-state index contributed by atoms with van der Waals surface area (Å²) in [5.74, 6) is 0. The van der Waals surface area contributed by atoms with Gasteiger partial charge in [0.2, 0.25) is 0 Å². The van der Waals surface area contributed by atoms with Crippen LogP contribution in [0.5, 0.6) is 0 Å². The minimum Gasteiger partial charge on any atom is -0.445 e. The molecule has 30 heavy (non-hydrogen) atoms. The molecule has 0 aliphatic rings. The van der Waals surface area contributed by atoms with Gasteiger partial charge in [-0.15, -0.1) is 0 Å². The summed E-state index contributed by atoms with van der Waals surface area (Å²) in [4.78, 5) is 12.4. The molecule has 164 valence electrons. The summed E-state index contributed by atoms with van der Waals surface area (Å²) >= 11 is 6.08. The Morgan fingerprint density at radius 2 is 1.80 bits per heavy atom. The zero-order valence-electron chi connectivity index (χ0n) is 18.3. The third kappa shape index (κ3) is 7.13. The number of aliphatic hydroxyl groups is 1. The lowest BCUT2D eigenvalue weighted by Crippen LogP contribution is -2.48. The van der Waals surface area contributed by atoms with Gasteiger partial charge in [-0.25, -0.2) is 4.79 Å². The first-order valence-electron chi connectivity index (χ1n) is 10.0. The van der Waals surface area contributed by atoms with E-state index in [1.807, 2.05) is 30.3 Å². The fourth-order valence-corrected chi connectivity index (χ4v) is 3.79. The summed E-state index contributed by atoms with van der Waals surface area (Å²) in [6.07, 6.45) is -1.60. The Morgan fingerprint density at radius 3 is 2.40 bits per heavy atom. The number of amides is 1. The SMILES string of the molecule is CC(C)(C)[Si](C)(C)OC[C@@H](NC(=O)OCc1ccccc1)[C@H](O)c1cccc(Cl)c1. The van der Waals surface area contributed by atoms with Gasteiger partial charge in [0.15, 0.2) is 8.32 Å². The van der Waals surface area contributed by atoms with Crippen molar-refractivity contribution in [1.29, 1.82) is 0 Å². The maximum absolute atomic E-state index is 12.4. The Kier molecular flexibility index (Phi) is 8.49. The van der Waals surface area contributed by atoms with Crippen molar-refractivity contribution < 1.29 is 19.1 Å². The molecular formula is C23H32ClNO4Si. The smallest absolute Gasteiger partial charge is 0.407 e. The highest BCUT2D eigenvalue weighted by molar-refractivity contribution is 6.74. The van der Waals surface area contributed by atoms with Crippen LogP contribution in [0.2, 0.25) is 23.2 Å². The molecule has 0 radical (unpaired) electrons. The lowest BCUT2D eigenvalue weighted by Gasteiger charge is -2.38. The second-order valence-electron chi connectivity index (χ2n) is 8.88. The van der Waals surface area contributed by atoms with E-state index in [1.54, 1.807) is 24.3 Å². The van der Waals surface area contributed by atoms with Gasteiger partial charge >= 0.3 is 6.09 Å². The van der Waals surface area contributed by atoms with Crippen molar-refractivity contribution in [3.05, 3.63) is 70.7 Å². The number of ether oxygens (including phenoxy) is 1. The van der Waals surface area contributed by atoms with E-state index in [1.165, 1.54) is 0 Å². The number of halogens is 1. The molecule has 0 aromatic heterocycles. The topological polar surface area (TPSA) is 67.8 Å². The lowest BCUT2D eigenvalue weighted by molar-refractivity contribution is 0.0785. The summed E-state index contributed by atoms with van der Waals surface area (Å²) < 4.78 is 11.6. The van der Waals surface area contributed by atoms with Gasteiger partial charge in [-0.3, -0.25) is 0 Å². The molecule has 2 atom stereocenters. The van der Waals surface area contributed by atoms with Crippen LogP contribution in [0, 0.1) is 0 Å². The lowest BCUT2D eigenvalue weighted by atomic mass is 10.0. The fourth-order valence-electron chi connectivity index (χ4n) is 2.57. The van der Waals surface area contributed by atoms with Crippen LogP contribution < -0.4 is 5.32 Å². The van der Waals surface area contributed by atoms with Crippen molar-refractivity contribution in [2.24, 2.45) is 0 Å². The Hall–Kier alpha value is -1.86. The third-order valence-electron chi connectivity index (χ3n) is 5.52. The summed E-state index contributed by atoms with van der Waals surface area (Å²) in [5.41, 5.74) is 1.49. The average molecular weight is 450 g/mol. The second-order valence-corrected chi connectivity index (χ2v) is 14.1. The first-order chi connectivity index (χ1) is 14.0. The monoisotopic (exact) mass is 449 g/mol. The molecule has 0 heterocycles. The number of carbonyl (C=O) groups is 1. The van der Waals surface area contributed by atoms with Gasteiger partial charge in [-0.2, -0.15) is 0 Å². The van der Waals surface area contributed by atoms with Crippen LogP contribution in [0.15, 0.2) is 54.6 Å². The van der Waals surface area contributed by atoms with Gasteiger partial charge in [0.05, 0.1) is 12.6 Å². The molecule has 0 fully saturated rings. The largest absolute Gasteiger partial charge is 0.445 e. The van der Waals surface area contributed by atoms with Gasteiger partial charge in [0, 0.05) is 5.02 Å². The second kappa shape index (κ2) is 10.4. The van der Waals surface area contributed by atoms with E-state index >= 15 is 0 Å². The summed E-state index contributed by atoms with van der Waals surface area (Å²) in [6.45, 7) is 11.0. The molecule has 0 spiro atoms. The van der Waals surface area contributed by atoms with Crippen molar-refractivity contribution in [2.45, 2.75) is 57.7 Å².